The van der Waals surface area contributed by atoms with Crippen molar-refractivity contribution in [2.75, 3.05) is 13.2 Å². The monoisotopic (exact) mass is 343 g/mol. The number of amides is 1. The summed E-state index contributed by atoms with van der Waals surface area (Å²) in [5.41, 5.74) is -0.483. The summed E-state index contributed by atoms with van der Waals surface area (Å²) in [5, 5.41) is 0.164. The van der Waals surface area contributed by atoms with E-state index >= 15 is 0 Å². The molecular formula is C17H33NO4Si. The lowest BCUT2D eigenvalue weighted by molar-refractivity contribution is 0.00567. The maximum atomic E-state index is 12.5. The molecule has 23 heavy (non-hydrogen) atoms. The molecule has 0 saturated carbocycles. The third-order valence-corrected chi connectivity index (χ3v) is 9.58. The van der Waals surface area contributed by atoms with Crippen molar-refractivity contribution in [2.24, 2.45) is 0 Å². The molecule has 0 N–H and O–H groups in total. The Hall–Kier alpha value is -0.593. The Kier molecular flexibility index (Phi) is 4.92. The number of rotatable bonds is 3. The van der Waals surface area contributed by atoms with Gasteiger partial charge in [-0.2, -0.15) is 0 Å². The number of hydrogen-bond acceptors (Lipinski definition) is 4. The Morgan fingerprint density at radius 2 is 1.78 bits per heavy atom. The van der Waals surface area contributed by atoms with E-state index in [9.17, 15) is 4.79 Å². The Labute approximate surface area is 141 Å². The molecule has 2 fully saturated rings. The molecule has 0 bridgehead atoms. The van der Waals surface area contributed by atoms with E-state index in [-0.39, 0.29) is 23.3 Å². The van der Waals surface area contributed by atoms with Crippen LogP contribution in [0.5, 0.6) is 0 Å². The summed E-state index contributed by atoms with van der Waals surface area (Å²) in [7, 11) is -1.83. The molecule has 0 aliphatic carbocycles. The van der Waals surface area contributed by atoms with E-state index in [1.165, 1.54) is 0 Å². The van der Waals surface area contributed by atoms with Gasteiger partial charge in [-0.05, 0) is 45.3 Å². The predicted octanol–water partition coefficient (Wildman–Crippen LogP) is 3.79. The van der Waals surface area contributed by atoms with Crippen LogP contribution < -0.4 is 0 Å². The number of ether oxygens (including phenoxy) is 2. The van der Waals surface area contributed by atoms with Gasteiger partial charge in [0, 0.05) is 0 Å². The van der Waals surface area contributed by atoms with Gasteiger partial charge in [0.2, 0.25) is 0 Å². The molecule has 5 nitrogen and oxygen atoms in total. The highest BCUT2D eigenvalue weighted by Crippen LogP contribution is 2.39. The molecule has 6 heteroatoms. The van der Waals surface area contributed by atoms with E-state index in [1.807, 2.05) is 25.7 Å². The molecule has 0 aromatic heterocycles. The van der Waals surface area contributed by atoms with Crippen LogP contribution in [-0.2, 0) is 13.9 Å². The minimum Gasteiger partial charge on any atom is -0.444 e. The van der Waals surface area contributed by atoms with Gasteiger partial charge in [0.1, 0.15) is 11.7 Å². The molecule has 2 saturated heterocycles. The van der Waals surface area contributed by atoms with Crippen LogP contribution in [-0.4, -0.2) is 56.3 Å². The number of fused-ring (bicyclic) bond motifs is 1. The first-order chi connectivity index (χ1) is 10.3. The average Bonchev–Trinajstić information content (AvgIpc) is 3.09. The van der Waals surface area contributed by atoms with Crippen molar-refractivity contribution in [1.29, 1.82) is 0 Å². The zero-order chi connectivity index (χ0) is 17.6. The summed E-state index contributed by atoms with van der Waals surface area (Å²) < 4.78 is 17.5. The lowest BCUT2D eigenvalue weighted by Gasteiger charge is -2.40. The number of piperidine rings is 1. The van der Waals surface area contributed by atoms with Crippen LogP contribution in [0.25, 0.3) is 0 Å². The normalized spacial score (nSPS) is 28.3. The minimum atomic E-state index is -1.83. The van der Waals surface area contributed by atoms with Crippen molar-refractivity contribution in [2.45, 2.75) is 89.9 Å². The highest BCUT2D eigenvalue weighted by Gasteiger charge is 2.50. The molecule has 134 valence electrons. The molecule has 2 aliphatic heterocycles. The number of epoxide rings is 1. The van der Waals surface area contributed by atoms with Crippen LogP contribution in [0.3, 0.4) is 0 Å². The number of carbonyl (C=O) groups is 1. The summed E-state index contributed by atoms with van der Waals surface area (Å²) in [5.74, 6) is 0. The maximum Gasteiger partial charge on any atom is 0.410 e. The second-order valence-corrected chi connectivity index (χ2v) is 14.1. The molecule has 2 rings (SSSR count). The summed E-state index contributed by atoms with van der Waals surface area (Å²) in [6.07, 6.45) is 1.07. The third-order valence-electron chi connectivity index (χ3n) is 5.08. The largest absolute Gasteiger partial charge is 0.444 e. The van der Waals surface area contributed by atoms with Gasteiger partial charge in [-0.25, -0.2) is 4.79 Å². The molecule has 0 aromatic rings. The third kappa shape index (κ3) is 4.70. The SMILES string of the molecule is CC(C)(C)OC(=O)N1C[C@H]2O[C@H]2C[C@H]1CO[Si](C)(C)C(C)(C)C. The zero-order valence-electron chi connectivity index (χ0n) is 15.9. The van der Waals surface area contributed by atoms with Gasteiger partial charge in [-0.1, -0.05) is 20.8 Å². The first-order valence-electron chi connectivity index (χ1n) is 8.59. The summed E-state index contributed by atoms with van der Waals surface area (Å²) in [6, 6.07) is 0.0442. The lowest BCUT2D eigenvalue weighted by atomic mass is 10.0. The van der Waals surface area contributed by atoms with E-state index in [2.05, 4.69) is 33.9 Å². The quantitative estimate of drug-likeness (QED) is 0.578. The predicted molar refractivity (Wildman–Crippen MR) is 93.2 cm³/mol. The number of likely N-dealkylation sites (tertiary alicyclic amines) is 1. The van der Waals surface area contributed by atoms with E-state index < -0.39 is 13.9 Å². The average molecular weight is 344 g/mol. The highest BCUT2D eigenvalue weighted by molar-refractivity contribution is 6.74. The highest BCUT2D eigenvalue weighted by atomic mass is 28.4. The molecule has 3 atom stereocenters. The van der Waals surface area contributed by atoms with E-state index in [0.717, 1.165) is 6.42 Å². The van der Waals surface area contributed by atoms with E-state index in [4.69, 9.17) is 13.9 Å². The second kappa shape index (κ2) is 6.04. The molecule has 0 unspecified atom stereocenters. The van der Waals surface area contributed by atoms with Crippen LogP contribution >= 0.6 is 0 Å². The van der Waals surface area contributed by atoms with Crippen molar-refractivity contribution >= 4 is 14.4 Å². The zero-order valence-corrected chi connectivity index (χ0v) is 16.9. The molecule has 0 aromatic carbocycles. The van der Waals surface area contributed by atoms with Gasteiger partial charge < -0.3 is 18.8 Å². The second-order valence-electron chi connectivity index (χ2n) is 9.31. The van der Waals surface area contributed by atoms with Crippen molar-refractivity contribution in [1.82, 2.24) is 4.90 Å². The molecule has 0 radical (unpaired) electrons. The van der Waals surface area contributed by atoms with Gasteiger partial charge in [0.05, 0.1) is 25.3 Å². The first kappa shape index (κ1) is 18.7. The molecule has 1 amide bonds. The Bertz CT molecular complexity index is 452. The van der Waals surface area contributed by atoms with Crippen molar-refractivity contribution in [3.8, 4) is 0 Å². The van der Waals surface area contributed by atoms with Crippen molar-refractivity contribution in [3.05, 3.63) is 0 Å². The van der Waals surface area contributed by atoms with E-state index in [0.29, 0.717) is 19.3 Å². The Balaban J connectivity index is 2.01. The molecule has 2 aliphatic rings. The summed E-state index contributed by atoms with van der Waals surface area (Å²) in [6.45, 7) is 18.0. The van der Waals surface area contributed by atoms with Gasteiger partial charge in [0.25, 0.3) is 0 Å². The van der Waals surface area contributed by atoms with Gasteiger partial charge in [-0.15, -0.1) is 0 Å². The minimum absolute atomic E-state index is 0.0442. The fourth-order valence-corrected chi connectivity index (χ4v) is 3.55. The number of hydrogen-bond donors (Lipinski definition) is 0. The Morgan fingerprint density at radius 3 is 2.30 bits per heavy atom. The lowest BCUT2D eigenvalue weighted by Crippen LogP contribution is -2.52. The standard InChI is InChI=1S/C17H33NO4Si/c1-16(2,3)22-15(19)18-10-14-13(21-14)9-12(18)11-20-23(7,8)17(4,5)6/h12-14H,9-11H2,1-8H3/t12-,13-,14+/m0/s1. The topological polar surface area (TPSA) is 51.3 Å². The van der Waals surface area contributed by atoms with Gasteiger partial charge in [0.15, 0.2) is 8.32 Å². The van der Waals surface area contributed by atoms with Crippen LogP contribution in [0.15, 0.2) is 0 Å². The van der Waals surface area contributed by atoms with E-state index in [1.54, 1.807) is 0 Å². The van der Waals surface area contributed by atoms with Gasteiger partial charge in [-0.3, -0.25) is 0 Å². The first-order valence-corrected chi connectivity index (χ1v) is 11.5. The van der Waals surface area contributed by atoms with Crippen LogP contribution in [0, 0.1) is 0 Å². The summed E-state index contributed by atoms with van der Waals surface area (Å²) in [4.78, 5) is 14.3. The van der Waals surface area contributed by atoms with Crippen LogP contribution in [0.2, 0.25) is 18.1 Å². The summed E-state index contributed by atoms with van der Waals surface area (Å²) >= 11 is 0. The molecule has 0 spiro atoms. The number of carbonyl (C=O) groups excluding carboxylic acids is 1. The van der Waals surface area contributed by atoms with Gasteiger partial charge >= 0.3 is 6.09 Å². The molecule has 2 heterocycles. The number of nitrogens with zero attached hydrogens (tertiary/aromatic N) is 1. The maximum absolute atomic E-state index is 12.5. The van der Waals surface area contributed by atoms with Crippen molar-refractivity contribution < 1.29 is 18.7 Å². The smallest absolute Gasteiger partial charge is 0.410 e. The Morgan fingerprint density at radius 1 is 1.17 bits per heavy atom. The fraction of sp³-hybridized carbons (Fsp3) is 0.941. The molecular weight excluding hydrogens is 310 g/mol. The van der Waals surface area contributed by atoms with Crippen LogP contribution in [0.4, 0.5) is 4.79 Å². The van der Waals surface area contributed by atoms with Crippen LogP contribution in [0.1, 0.15) is 48.0 Å². The fourth-order valence-electron chi connectivity index (χ4n) is 2.51. The van der Waals surface area contributed by atoms with Crippen molar-refractivity contribution in [3.63, 3.8) is 0 Å².